The highest BCUT2D eigenvalue weighted by Gasteiger charge is 2.29. The predicted molar refractivity (Wildman–Crippen MR) is 113 cm³/mol. The van der Waals surface area contributed by atoms with Gasteiger partial charge in [0.1, 0.15) is 11.9 Å². The molecule has 2 aromatic carbocycles. The van der Waals surface area contributed by atoms with Gasteiger partial charge in [-0.3, -0.25) is 9.88 Å². The van der Waals surface area contributed by atoms with Crippen LogP contribution in [-0.2, 0) is 13.1 Å². The summed E-state index contributed by atoms with van der Waals surface area (Å²) in [4.78, 5) is 6.62. The number of nitriles is 1. The van der Waals surface area contributed by atoms with E-state index in [9.17, 15) is 5.26 Å². The molecule has 2 aromatic heterocycles. The molecule has 0 bridgehead atoms. The van der Waals surface area contributed by atoms with Gasteiger partial charge in [0.2, 0.25) is 0 Å². The van der Waals surface area contributed by atoms with Crippen LogP contribution in [0.25, 0.3) is 11.4 Å². The molecule has 0 saturated heterocycles. The zero-order valence-electron chi connectivity index (χ0n) is 16.4. The Balaban J connectivity index is 1.49. The number of fused-ring (bicyclic) bond motifs is 1. The second-order valence-electron chi connectivity index (χ2n) is 7.36. The highest BCUT2D eigenvalue weighted by atomic mass is 15.3. The van der Waals surface area contributed by atoms with Gasteiger partial charge in [0, 0.05) is 31.0 Å². The Kier molecular flexibility index (Phi) is 4.80. The Labute approximate surface area is 175 Å². The monoisotopic (exact) mass is 392 g/mol. The van der Waals surface area contributed by atoms with Crippen molar-refractivity contribution >= 4 is 0 Å². The summed E-state index contributed by atoms with van der Waals surface area (Å²) in [5.41, 5.74) is 3.88. The van der Waals surface area contributed by atoms with E-state index in [0.717, 1.165) is 30.3 Å². The molecule has 5 rings (SSSR count). The molecule has 6 nitrogen and oxygen atoms in total. The molecule has 6 heteroatoms. The first-order valence-electron chi connectivity index (χ1n) is 9.95. The average molecular weight is 392 g/mol. The number of pyridine rings is 1. The van der Waals surface area contributed by atoms with Crippen LogP contribution in [0.3, 0.4) is 0 Å². The lowest BCUT2D eigenvalue weighted by atomic mass is 9.96. The summed E-state index contributed by atoms with van der Waals surface area (Å²) in [7, 11) is 0. The van der Waals surface area contributed by atoms with Gasteiger partial charge in [-0.15, -0.1) is 10.2 Å². The highest BCUT2D eigenvalue weighted by molar-refractivity contribution is 5.56. The summed E-state index contributed by atoms with van der Waals surface area (Å²) in [6.45, 7) is 2.36. The maximum Gasteiger partial charge on any atom is 0.165 e. The van der Waals surface area contributed by atoms with E-state index in [4.69, 9.17) is 0 Å². The minimum atomic E-state index is 0.157. The lowest BCUT2D eigenvalue weighted by Gasteiger charge is -2.35. The van der Waals surface area contributed by atoms with E-state index in [-0.39, 0.29) is 6.04 Å². The highest BCUT2D eigenvalue weighted by Crippen LogP contribution is 2.32. The Morgan fingerprint density at radius 1 is 0.867 bits per heavy atom. The summed E-state index contributed by atoms with van der Waals surface area (Å²) in [5.74, 6) is 1.70. The second kappa shape index (κ2) is 7.90. The van der Waals surface area contributed by atoms with E-state index in [0.29, 0.717) is 12.1 Å². The fourth-order valence-corrected chi connectivity index (χ4v) is 4.12. The maximum absolute atomic E-state index is 9.17. The van der Waals surface area contributed by atoms with Gasteiger partial charge in [-0.1, -0.05) is 60.7 Å². The van der Waals surface area contributed by atoms with Crippen molar-refractivity contribution in [2.24, 2.45) is 0 Å². The van der Waals surface area contributed by atoms with Gasteiger partial charge in [0.15, 0.2) is 5.82 Å². The van der Waals surface area contributed by atoms with Gasteiger partial charge in [-0.05, 0) is 17.2 Å². The summed E-state index contributed by atoms with van der Waals surface area (Å²) >= 11 is 0. The van der Waals surface area contributed by atoms with Gasteiger partial charge in [-0.25, -0.2) is 0 Å². The van der Waals surface area contributed by atoms with Gasteiger partial charge in [0.05, 0.1) is 18.2 Å². The van der Waals surface area contributed by atoms with Crippen molar-refractivity contribution in [1.29, 1.82) is 5.26 Å². The molecule has 0 saturated carbocycles. The summed E-state index contributed by atoms with van der Waals surface area (Å²) in [6.07, 6.45) is 3.30. The largest absolute Gasteiger partial charge is 0.309 e. The molecule has 1 aliphatic rings. The number of hydrogen-bond donors (Lipinski definition) is 0. The second-order valence-corrected chi connectivity index (χ2v) is 7.36. The first-order valence-corrected chi connectivity index (χ1v) is 9.95. The van der Waals surface area contributed by atoms with Crippen LogP contribution in [0.4, 0.5) is 0 Å². The molecule has 0 radical (unpaired) electrons. The third-order valence-electron chi connectivity index (χ3n) is 5.50. The molecule has 0 aliphatic carbocycles. The smallest absolute Gasteiger partial charge is 0.165 e. The minimum Gasteiger partial charge on any atom is -0.309 e. The molecule has 0 fully saturated rings. The Morgan fingerprint density at radius 3 is 2.23 bits per heavy atom. The number of nitrogens with zero attached hydrogens (tertiary/aromatic N) is 6. The number of aromatic nitrogens is 4. The molecule has 0 unspecified atom stereocenters. The van der Waals surface area contributed by atoms with Crippen LogP contribution in [-0.4, -0.2) is 31.2 Å². The maximum atomic E-state index is 9.17. The molecular formula is C24H20N6. The predicted octanol–water partition coefficient (Wildman–Crippen LogP) is 3.82. The van der Waals surface area contributed by atoms with Crippen LogP contribution in [0.15, 0.2) is 79.1 Å². The van der Waals surface area contributed by atoms with Crippen LogP contribution < -0.4 is 0 Å². The molecule has 146 valence electrons. The van der Waals surface area contributed by atoms with Gasteiger partial charge in [-0.2, -0.15) is 5.26 Å². The first kappa shape index (κ1) is 18.2. The Hall–Kier alpha value is -3.82. The summed E-state index contributed by atoms with van der Waals surface area (Å²) < 4.78 is 2.14. The molecule has 4 aromatic rings. The average Bonchev–Trinajstić information content (AvgIpc) is 3.24. The number of benzene rings is 2. The number of hydrogen-bond acceptors (Lipinski definition) is 5. The van der Waals surface area contributed by atoms with Crippen molar-refractivity contribution < 1.29 is 0 Å². The molecule has 3 heterocycles. The number of rotatable bonds is 4. The fourth-order valence-electron chi connectivity index (χ4n) is 4.12. The molecule has 1 aliphatic heterocycles. The zero-order chi connectivity index (χ0) is 20.3. The Morgan fingerprint density at radius 2 is 1.57 bits per heavy atom. The Bertz CT molecular complexity index is 1150. The first-order chi connectivity index (χ1) is 14.8. The van der Waals surface area contributed by atoms with E-state index in [1.165, 1.54) is 11.1 Å². The van der Waals surface area contributed by atoms with Crippen LogP contribution in [0, 0.1) is 11.3 Å². The topological polar surface area (TPSA) is 70.6 Å². The quantitative estimate of drug-likeness (QED) is 0.528. The van der Waals surface area contributed by atoms with E-state index >= 15 is 0 Å². The van der Waals surface area contributed by atoms with Crippen molar-refractivity contribution in [3.63, 3.8) is 0 Å². The third kappa shape index (κ3) is 3.36. The molecule has 0 spiro atoms. The van der Waals surface area contributed by atoms with Crippen molar-refractivity contribution in [3.8, 4) is 17.5 Å². The van der Waals surface area contributed by atoms with Crippen molar-refractivity contribution in [1.82, 2.24) is 24.6 Å². The van der Waals surface area contributed by atoms with Gasteiger partial charge < -0.3 is 4.57 Å². The molecule has 0 amide bonds. The van der Waals surface area contributed by atoms with Crippen molar-refractivity contribution in [2.45, 2.75) is 19.1 Å². The van der Waals surface area contributed by atoms with E-state index in [2.05, 4.69) is 79.2 Å². The normalized spacial score (nSPS) is 13.7. The van der Waals surface area contributed by atoms with Crippen LogP contribution in [0.1, 0.15) is 28.6 Å². The van der Waals surface area contributed by atoms with E-state index < -0.39 is 0 Å². The van der Waals surface area contributed by atoms with Crippen LogP contribution in [0.5, 0.6) is 0 Å². The van der Waals surface area contributed by atoms with Gasteiger partial charge in [0.25, 0.3) is 0 Å². The zero-order valence-corrected chi connectivity index (χ0v) is 16.4. The SMILES string of the molecule is N#Cc1cncc(-c2nnc3n2CCN(C(c2ccccc2)c2ccccc2)C3)c1. The lowest BCUT2D eigenvalue weighted by Crippen LogP contribution is -2.37. The minimum absolute atomic E-state index is 0.157. The fraction of sp³-hybridized carbons (Fsp3) is 0.167. The summed E-state index contributed by atoms with van der Waals surface area (Å²) in [6, 6.07) is 25.3. The molecule has 0 N–H and O–H groups in total. The van der Waals surface area contributed by atoms with Crippen LogP contribution >= 0.6 is 0 Å². The molecule has 30 heavy (non-hydrogen) atoms. The van der Waals surface area contributed by atoms with Crippen LogP contribution in [0.2, 0.25) is 0 Å². The summed E-state index contributed by atoms with van der Waals surface area (Å²) in [5, 5.41) is 18.1. The lowest BCUT2D eigenvalue weighted by molar-refractivity contribution is 0.176. The third-order valence-corrected chi connectivity index (χ3v) is 5.50. The molecular weight excluding hydrogens is 372 g/mol. The van der Waals surface area contributed by atoms with E-state index in [1.807, 2.05) is 18.2 Å². The molecule has 0 atom stereocenters. The standard InChI is InChI=1S/C24H20N6/c25-14-18-13-21(16-26-15-18)24-28-27-22-17-29(11-12-30(22)24)23(19-7-3-1-4-8-19)20-9-5-2-6-10-20/h1-10,13,15-16,23H,11-12,17H2. The van der Waals surface area contributed by atoms with Crippen molar-refractivity contribution in [2.75, 3.05) is 6.54 Å². The van der Waals surface area contributed by atoms with Gasteiger partial charge >= 0.3 is 0 Å². The van der Waals surface area contributed by atoms with E-state index in [1.54, 1.807) is 12.4 Å². The van der Waals surface area contributed by atoms with Crippen molar-refractivity contribution in [3.05, 3.63) is 102 Å².